The van der Waals surface area contributed by atoms with Crippen molar-refractivity contribution in [2.45, 2.75) is 26.5 Å². The fraction of sp³-hybridized carbons (Fsp3) is 0.611. The molecule has 1 aliphatic heterocycles. The van der Waals surface area contributed by atoms with Gasteiger partial charge in [-0.1, -0.05) is 0 Å². The number of aliphatic imine (C=N–C) groups is 1. The molecule has 1 saturated heterocycles. The summed E-state index contributed by atoms with van der Waals surface area (Å²) in [6.07, 6.45) is -0.00984. The summed E-state index contributed by atoms with van der Waals surface area (Å²) < 4.78 is 58.6. The molecule has 1 fully saturated rings. The summed E-state index contributed by atoms with van der Waals surface area (Å²) in [5, 5.41) is 3.01. The number of nitrogens with zero attached hydrogens (tertiary/aromatic N) is 3. The van der Waals surface area contributed by atoms with Crippen LogP contribution in [0.3, 0.4) is 0 Å². The molecule has 0 amide bonds. The molecule has 1 aliphatic rings. The lowest BCUT2D eigenvalue weighted by Gasteiger charge is -2.35. The third kappa shape index (κ3) is 7.95. The first kappa shape index (κ1) is 26.0. The molecule has 0 spiro atoms. The topological polar surface area (TPSA) is 74.2 Å². The zero-order chi connectivity index (χ0) is 20.7. The van der Waals surface area contributed by atoms with Gasteiger partial charge in [-0.25, -0.2) is 17.2 Å². The van der Waals surface area contributed by atoms with Gasteiger partial charge in [-0.15, -0.1) is 24.0 Å². The van der Waals surface area contributed by atoms with Gasteiger partial charge in [-0.05, 0) is 32.0 Å². The number of guanidine groups is 1. The number of rotatable bonds is 7. The molecule has 11 heteroatoms. The van der Waals surface area contributed by atoms with Gasteiger partial charge in [0.1, 0.15) is 11.6 Å². The van der Waals surface area contributed by atoms with Gasteiger partial charge < -0.3 is 15.0 Å². The second kappa shape index (κ2) is 12.0. The second-order valence-corrected chi connectivity index (χ2v) is 8.85. The normalized spacial score (nSPS) is 16.1. The number of piperazine rings is 1. The average molecular weight is 546 g/mol. The molecule has 1 aromatic rings. The number of benzene rings is 1. The van der Waals surface area contributed by atoms with Gasteiger partial charge in [-0.3, -0.25) is 4.99 Å². The predicted molar refractivity (Wildman–Crippen MR) is 120 cm³/mol. The van der Waals surface area contributed by atoms with Crippen LogP contribution in [0.25, 0.3) is 0 Å². The SMILES string of the molecule is CN=C(NCc1cc(F)ccc1F)N1CCN(S(=O)(=O)CCOC(C)C)CC1.I. The van der Waals surface area contributed by atoms with Crippen LogP contribution in [-0.4, -0.2) is 75.3 Å². The van der Waals surface area contributed by atoms with E-state index in [-0.39, 0.29) is 54.5 Å². The molecule has 29 heavy (non-hydrogen) atoms. The molecule has 1 N–H and O–H groups in total. The summed E-state index contributed by atoms with van der Waals surface area (Å²) in [5.74, 6) is -0.530. The minimum Gasteiger partial charge on any atom is -0.378 e. The summed E-state index contributed by atoms with van der Waals surface area (Å²) in [4.78, 5) is 6.06. The Kier molecular flexibility index (Phi) is 10.7. The van der Waals surface area contributed by atoms with E-state index in [1.54, 1.807) is 7.05 Å². The van der Waals surface area contributed by atoms with E-state index in [4.69, 9.17) is 4.74 Å². The Labute approximate surface area is 188 Å². The molecule has 0 bridgehead atoms. The summed E-state index contributed by atoms with van der Waals surface area (Å²) >= 11 is 0. The Hall–Kier alpha value is -1.05. The van der Waals surface area contributed by atoms with Gasteiger partial charge in [0.2, 0.25) is 10.0 Å². The van der Waals surface area contributed by atoms with Crippen LogP contribution in [0.1, 0.15) is 19.4 Å². The van der Waals surface area contributed by atoms with Crippen LogP contribution in [0, 0.1) is 11.6 Å². The van der Waals surface area contributed by atoms with Gasteiger partial charge in [-0.2, -0.15) is 4.31 Å². The minimum atomic E-state index is -3.37. The third-order valence-corrected chi connectivity index (χ3v) is 6.22. The van der Waals surface area contributed by atoms with Gasteiger partial charge in [0.25, 0.3) is 0 Å². The van der Waals surface area contributed by atoms with Crippen molar-refractivity contribution in [3.63, 3.8) is 0 Å². The molecule has 1 aromatic carbocycles. The Morgan fingerprint density at radius 3 is 2.48 bits per heavy atom. The smallest absolute Gasteiger partial charge is 0.216 e. The van der Waals surface area contributed by atoms with Crippen molar-refractivity contribution < 1.29 is 21.9 Å². The lowest BCUT2D eigenvalue weighted by molar-refractivity contribution is 0.0904. The Morgan fingerprint density at radius 2 is 1.90 bits per heavy atom. The lowest BCUT2D eigenvalue weighted by atomic mass is 10.2. The number of halogens is 3. The highest BCUT2D eigenvalue weighted by molar-refractivity contribution is 14.0. The molecule has 0 aromatic heterocycles. The van der Waals surface area contributed by atoms with Crippen LogP contribution in [0.2, 0.25) is 0 Å². The maximum atomic E-state index is 13.8. The summed E-state index contributed by atoms with van der Waals surface area (Å²) in [6.45, 7) is 5.55. The quantitative estimate of drug-likeness (QED) is 0.322. The van der Waals surface area contributed by atoms with E-state index in [0.29, 0.717) is 32.1 Å². The summed E-state index contributed by atoms with van der Waals surface area (Å²) in [5.41, 5.74) is 0.201. The molecule has 7 nitrogen and oxygen atoms in total. The monoisotopic (exact) mass is 546 g/mol. The van der Waals surface area contributed by atoms with Gasteiger partial charge in [0, 0.05) is 45.3 Å². The van der Waals surface area contributed by atoms with E-state index in [9.17, 15) is 17.2 Å². The fourth-order valence-electron chi connectivity index (χ4n) is 2.88. The van der Waals surface area contributed by atoms with Crippen molar-refractivity contribution in [2.24, 2.45) is 4.99 Å². The molecule has 0 atom stereocenters. The fourth-order valence-corrected chi connectivity index (χ4v) is 4.17. The average Bonchev–Trinajstić information content (AvgIpc) is 2.65. The molecular formula is C18H29F2IN4O3S. The maximum Gasteiger partial charge on any atom is 0.216 e. The zero-order valence-corrected chi connectivity index (χ0v) is 20.0. The Morgan fingerprint density at radius 1 is 1.24 bits per heavy atom. The molecule has 1 heterocycles. The van der Waals surface area contributed by atoms with Crippen molar-refractivity contribution in [3.05, 3.63) is 35.4 Å². The van der Waals surface area contributed by atoms with Gasteiger partial charge >= 0.3 is 0 Å². The highest BCUT2D eigenvalue weighted by Gasteiger charge is 2.28. The number of ether oxygens (including phenoxy) is 1. The van der Waals surface area contributed by atoms with Crippen molar-refractivity contribution in [2.75, 3.05) is 45.6 Å². The van der Waals surface area contributed by atoms with Crippen molar-refractivity contribution >= 4 is 40.0 Å². The van der Waals surface area contributed by atoms with Crippen LogP contribution in [0.15, 0.2) is 23.2 Å². The molecule has 0 aliphatic carbocycles. The zero-order valence-electron chi connectivity index (χ0n) is 16.9. The predicted octanol–water partition coefficient (Wildman–Crippen LogP) is 2.03. The number of nitrogens with one attached hydrogen (secondary N) is 1. The van der Waals surface area contributed by atoms with Crippen molar-refractivity contribution in [3.8, 4) is 0 Å². The highest BCUT2D eigenvalue weighted by atomic mass is 127. The number of hydrogen-bond donors (Lipinski definition) is 1. The molecule has 0 saturated carbocycles. The standard InChI is InChI=1S/C18H28F2N4O3S.HI/c1-14(2)27-10-11-28(25,26)24-8-6-23(7-9-24)18(21-3)22-13-15-12-16(19)4-5-17(15)20;/h4-5,12,14H,6-11,13H2,1-3H3,(H,21,22);1H. The summed E-state index contributed by atoms with van der Waals surface area (Å²) in [7, 11) is -1.78. The van der Waals surface area contributed by atoms with E-state index in [2.05, 4.69) is 10.3 Å². The van der Waals surface area contributed by atoms with E-state index >= 15 is 0 Å². The van der Waals surface area contributed by atoms with Gasteiger partial charge in [0.15, 0.2) is 5.96 Å². The summed E-state index contributed by atoms with van der Waals surface area (Å²) in [6, 6.07) is 3.29. The first-order chi connectivity index (χ1) is 13.2. The van der Waals surface area contributed by atoms with E-state index in [1.807, 2.05) is 18.7 Å². The van der Waals surface area contributed by atoms with Crippen LogP contribution in [-0.2, 0) is 21.3 Å². The van der Waals surface area contributed by atoms with Crippen LogP contribution < -0.4 is 5.32 Å². The van der Waals surface area contributed by atoms with Gasteiger partial charge in [0.05, 0.1) is 18.5 Å². The number of sulfonamides is 1. The highest BCUT2D eigenvalue weighted by Crippen LogP contribution is 2.11. The second-order valence-electron chi connectivity index (χ2n) is 6.76. The first-order valence-electron chi connectivity index (χ1n) is 9.22. The third-order valence-electron chi connectivity index (χ3n) is 4.38. The molecule has 0 unspecified atom stereocenters. The van der Waals surface area contributed by atoms with E-state index in [1.165, 1.54) is 4.31 Å². The number of hydrogen-bond acceptors (Lipinski definition) is 4. The Balaban J connectivity index is 0.00000420. The lowest BCUT2D eigenvalue weighted by Crippen LogP contribution is -2.54. The molecule has 0 radical (unpaired) electrons. The van der Waals surface area contributed by atoms with Crippen LogP contribution in [0.5, 0.6) is 0 Å². The Bertz CT molecular complexity index is 785. The van der Waals surface area contributed by atoms with E-state index in [0.717, 1.165) is 18.2 Å². The van der Waals surface area contributed by atoms with Crippen molar-refractivity contribution in [1.29, 1.82) is 0 Å². The van der Waals surface area contributed by atoms with Crippen molar-refractivity contribution in [1.82, 2.24) is 14.5 Å². The molecule has 166 valence electrons. The van der Waals surface area contributed by atoms with Crippen LogP contribution in [0.4, 0.5) is 8.78 Å². The molecular weight excluding hydrogens is 517 g/mol. The maximum absolute atomic E-state index is 13.8. The van der Waals surface area contributed by atoms with E-state index < -0.39 is 21.7 Å². The molecule has 2 rings (SSSR count). The largest absolute Gasteiger partial charge is 0.378 e. The minimum absolute atomic E-state index is 0. The first-order valence-corrected chi connectivity index (χ1v) is 10.8. The van der Waals surface area contributed by atoms with Crippen LogP contribution >= 0.6 is 24.0 Å².